The Bertz CT molecular complexity index is 1150. The summed E-state index contributed by atoms with van der Waals surface area (Å²) < 4.78 is 10.8. The lowest BCUT2D eigenvalue weighted by Gasteiger charge is -2.55. The van der Waals surface area contributed by atoms with Crippen molar-refractivity contribution in [1.29, 1.82) is 0 Å². The van der Waals surface area contributed by atoms with Crippen LogP contribution < -0.4 is 24.6 Å². The lowest BCUT2D eigenvalue weighted by atomic mass is 9.67. The summed E-state index contributed by atoms with van der Waals surface area (Å²) in [5, 5.41) is 2.47. The number of hydrogen-bond acceptors (Lipinski definition) is 7. The van der Waals surface area contributed by atoms with Crippen molar-refractivity contribution in [2.24, 2.45) is 5.41 Å². The van der Waals surface area contributed by atoms with E-state index < -0.39 is 29.3 Å². The molecular weight excluding hydrogens is 424 g/mol. The minimum absolute atomic E-state index is 0.207. The number of barbiturate groups is 1. The van der Waals surface area contributed by atoms with Crippen LogP contribution in [0.3, 0.4) is 0 Å². The van der Waals surface area contributed by atoms with E-state index in [1.165, 1.54) is 14.2 Å². The maximum Gasteiger partial charge on any atom is 0.335 e. The number of carbonyl (C=O) groups is 3. The number of methoxy groups -OCH3 is 2. The minimum Gasteiger partial charge on any atom is -0.497 e. The van der Waals surface area contributed by atoms with Gasteiger partial charge in [0.05, 0.1) is 25.9 Å². The third-order valence-corrected chi connectivity index (χ3v) is 6.96. The largest absolute Gasteiger partial charge is 0.497 e. The van der Waals surface area contributed by atoms with E-state index in [1.54, 1.807) is 18.2 Å². The first kappa shape index (κ1) is 21.3. The number of hydrogen-bond donors (Lipinski definition) is 1. The normalized spacial score (nSPS) is 24.9. The van der Waals surface area contributed by atoms with Crippen molar-refractivity contribution in [3.05, 3.63) is 48.0 Å². The summed E-state index contributed by atoms with van der Waals surface area (Å²) in [5.41, 5.74) is 0.712. The summed E-state index contributed by atoms with van der Waals surface area (Å²) in [6, 6.07) is 11.5. The molecular formula is C24H26N4O5. The zero-order chi connectivity index (χ0) is 23.3. The zero-order valence-electron chi connectivity index (χ0n) is 18.8. The van der Waals surface area contributed by atoms with Gasteiger partial charge in [0.1, 0.15) is 11.5 Å². The SMILES string of the molecule is COc1ccc(OC)c(N2C(=O)NC(=O)[C@@]3(Cc4ccccc4N4CCN(C)C[C@H]43)C2=O)c1. The van der Waals surface area contributed by atoms with Crippen LogP contribution in [-0.4, -0.2) is 69.7 Å². The predicted molar refractivity (Wildman–Crippen MR) is 122 cm³/mol. The summed E-state index contributed by atoms with van der Waals surface area (Å²) in [6.45, 7) is 2.00. The van der Waals surface area contributed by atoms with Crippen molar-refractivity contribution in [2.45, 2.75) is 12.5 Å². The van der Waals surface area contributed by atoms with Crippen LogP contribution in [-0.2, 0) is 16.0 Å². The minimum atomic E-state index is -1.47. The van der Waals surface area contributed by atoms with Crippen molar-refractivity contribution in [1.82, 2.24) is 10.2 Å². The van der Waals surface area contributed by atoms with Gasteiger partial charge in [-0.15, -0.1) is 0 Å². The van der Waals surface area contributed by atoms with Gasteiger partial charge in [0.2, 0.25) is 5.91 Å². The van der Waals surface area contributed by atoms with Crippen LogP contribution in [0, 0.1) is 5.41 Å². The lowest BCUT2D eigenvalue weighted by molar-refractivity contribution is -0.145. The molecule has 4 amide bonds. The Morgan fingerprint density at radius 1 is 1.00 bits per heavy atom. The van der Waals surface area contributed by atoms with Gasteiger partial charge in [-0.3, -0.25) is 14.9 Å². The summed E-state index contributed by atoms with van der Waals surface area (Å²) in [6.07, 6.45) is 0.207. The number of likely N-dealkylation sites (N-methyl/N-ethyl adjacent to an activating group) is 1. The molecule has 2 saturated heterocycles. The van der Waals surface area contributed by atoms with E-state index in [9.17, 15) is 14.4 Å². The maximum absolute atomic E-state index is 14.3. The number of ether oxygens (including phenoxy) is 2. The Labute approximate surface area is 191 Å². The van der Waals surface area contributed by atoms with Gasteiger partial charge in [-0.05, 0) is 37.2 Å². The number of imide groups is 2. The number of para-hydroxylation sites is 1. The molecule has 2 atom stereocenters. The van der Waals surface area contributed by atoms with Gasteiger partial charge in [0, 0.05) is 31.4 Å². The lowest BCUT2D eigenvalue weighted by Crippen LogP contribution is -2.75. The molecule has 0 radical (unpaired) electrons. The summed E-state index contributed by atoms with van der Waals surface area (Å²) in [7, 11) is 4.94. The van der Waals surface area contributed by atoms with Crippen LogP contribution in [0.15, 0.2) is 42.5 Å². The monoisotopic (exact) mass is 450 g/mol. The first-order valence-electron chi connectivity index (χ1n) is 10.9. The van der Waals surface area contributed by atoms with Crippen LogP contribution in [0.25, 0.3) is 0 Å². The fourth-order valence-corrected chi connectivity index (χ4v) is 5.28. The molecule has 0 bridgehead atoms. The van der Waals surface area contributed by atoms with Crippen LogP contribution >= 0.6 is 0 Å². The number of rotatable bonds is 3. The number of anilines is 2. The second-order valence-corrected chi connectivity index (χ2v) is 8.69. The highest BCUT2D eigenvalue weighted by Crippen LogP contribution is 2.47. The average molecular weight is 450 g/mol. The molecule has 0 saturated carbocycles. The summed E-state index contributed by atoms with van der Waals surface area (Å²) in [5.74, 6) is -0.319. The average Bonchev–Trinajstić information content (AvgIpc) is 2.82. The molecule has 2 aromatic rings. The van der Waals surface area contributed by atoms with E-state index in [4.69, 9.17) is 9.47 Å². The van der Waals surface area contributed by atoms with Crippen molar-refractivity contribution < 1.29 is 23.9 Å². The highest BCUT2D eigenvalue weighted by atomic mass is 16.5. The number of urea groups is 1. The smallest absolute Gasteiger partial charge is 0.335 e. The Morgan fingerprint density at radius 3 is 2.55 bits per heavy atom. The third-order valence-electron chi connectivity index (χ3n) is 6.96. The van der Waals surface area contributed by atoms with Crippen molar-refractivity contribution in [3.63, 3.8) is 0 Å². The summed E-state index contributed by atoms with van der Waals surface area (Å²) in [4.78, 5) is 46.1. The summed E-state index contributed by atoms with van der Waals surface area (Å²) >= 11 is 0. The number of piperazine rings is 1. The Hall–Kier alpha value is -3.59. The predicted octanol–water partition coefficient (Wildman–Crippen LogP) is 1.65. The second kappa shape index (κ2) is 7.77. The molecule has 0 aliphatic carbocycles. The number of carbonyl (C=O) groups excluding carboxylic acids is 3. The molecule has 172 valence electrons. The Balaban J connectivity index is 1.68. The van der Waals surface area contributed by atoms with E-state index in [2.05, 4.69) is 15.1 Å². The molecule has 33 heavy (non-hydrogen) atoms. The van der Waals surface area contributed by atoms with Crippen LogP contribution in [0.2, 0.25) is 0 Å². The van der Waals surface area contributed by atoms with Gasteiger partial charge in [-0.2, -0.15) is 0 Å². The molecule has 9 nitrogen and oxygen atoms in total. The van der Waals surface area contributed by atoms with Crippen LogP contribution in [0.4, 0.5) is 16.2 Å². The van der Waals surface area contributed by atoms with E-state index in [-0.39, 0.29) is 12.1 Å². The molecule has 0 unspecified atom stereocenters. The number of amides is 4. The number of nitrogens with zero attached hydrogens (tertiary/aromatic N) is 3. The Kier molecular flexibility index (Phi) is 5.01. The first-order valence-corrected chi connectivity index (χ1v) is 10.9. The number of nitrogens with one attached hydrogen (secondary N) is 1. The quantitative estimate of drug-likeness (QED) is 0.711. The van der Waals surface area contributed by atoms with E-state index in [0.29, 0.717) is 24.6 Å². The molecule has 2 fully saturated rings. The molecule has 3 heterocycles. The zero-order valence-corrected chi connectivity index (χ0v) is 18.8. The van der Waals surface area contributed by atoms with E-state index in [0.717, 1.165) is 22.7 Å². The number of fused-ring (bicyclic) bond motifs is 4. The molecule has 1 N–H and O–H groups in total. The molecule has 1 spiro atoms. The number of benzene rings is 2. The van der Waals surface area contributed by atoms with Crippen LogP contribution in [0.5, 0.6) is 11.5 Å². The highest BCUT2D eigenvalue weighted by molar-refractivity contribution is 6.31. The highest BCUT2D eigenvalue weighted by Gasteiger charge is 2.63. The van der Waals surface area contributed by atoms with Crippen LogP contribution in [0.1, 0.15) is 5.56 Å². The van der Waals surface area contributed by atoms with Crippen molar-refractivity contribution in [3.8, 4) is 11.5 Å². The molecule has 9 heteroatoms. The van der Waals surface area contributed by atoms with Gasteiger partial charge in [-0.1, -0.05) is 18.2 Å². The molecule has 0 aromatic heterocycles. The molecule has 2 aromatic carbocycles. The molecule has 3 aliphatic heterocycles. The fraction of sp³-hybridized carbons (Fsp3) is 0.375. The van der Waals surface area contributed by atoms with E-state index in [1.807, 2.05) is 31.3 Å². The van der Waals surface area contributed by atoms with Gasteiger partial charge < -0.3 is 19.3 Å². The van der Waals surface area contributed by atoms with Gasteiger partial charge in [-0.25, -0.2) is 9.69 Å². The van der Waals surface area contributed by atoms with Gasteiger partial charge in [0.25, 0.3) is 5.91 Å². The van der Waals surface area contributed by atoms with Gasteiger partial charge in [0.15, 0.2) is 5.41 Å². The van der Waals surface area contributed by atoms with Crippen molar-refractivity contribution >= 4 is 29.2 Å². The van der Waals surface area contributed by atoms with E-state index >= 15 is 0 Å². The topological polar surface area (TPSA) is 91.4 Å². The fourth-order valence-electron chi connectivity index (χ4n) is 5.28. The molecule has 5 rings (SSSR count). The van der Waals surface area contributed by atoms with Crippen molar-refractivity contribution in [2.75, 3.05) is 50.7 Å². The third kappa shape index (κ3) is 3.06. The first-order chi connectivity index (χ1) is 15.9. The maximum atomic E-state index is 14.3. The Morgan fingerprint density at radius 2 is 1.79 bits per heavy atom. The van der Waals surface area contributed by atoms with Gasteiger partial charge >= 0.3 is 6.03 Å². The molecule has 3 aliphatic rings. The standard InChI is InChI=1S/C24H26N4O5/c1-26-10-11-27-17-7-5-4-6-15(17)13-24(20(27)14-26)21(29)25-23(31)28(22(24)30)18-12-16(32-2)8-9-19(18)33-3/h4-9,12,20H,10-11,13-14H2,1-3H3,(H,25,29,31)/t20-,24-/m0/s1. The second-order valence-electron chi connectivity index (χ2n) is 8.69.